The summed E-state index contributed by atoms with van der Waals surface area (Å²) >= 11 is 1.10. The molecule has 0 spiro atoms. The molecule has 1 aliphatic rings. The maximum atomic E-state index is 11.3. The summed E-state index contributed by atoms with van der Waals surface area (Å²) in [5.41, 5.74) is 5.07. The molecule has 0 aromatic carbocycles. The van der Waals surface area contributed by atoms with Crippen molar-refractivity contribution in [2.45, 2.75) is 45.3 Å². The Morgan fingerprint density at radius 3 is 2.33 bits per heavy atom. The average Bonchev–Trinajstić information content (AvgIpc) is 2.35. The van der Waals surface area contributed by atoms with Gasteiger partial charge in [0.15, 0.2) is 5.17 Å². The molecule has 1 heterocycles. The van der Waals surface area contributed by atoms with E-state index >= 15 is 0 Å². The monoisotopic (exact) mass is 318 g/mol. The lowest BCUT2D eigenvalue weighted by atomic mass is 9.85. The van der Waals surface area contributed by atoms with Gasteiger partial charge in [0, 0.05) is 19.8 Å². The molecule has 3 N–H and O–H groups in total. The minimum Gasteiger partial charge on any atom is -0.463 e. The van der Waals surface area contributed by atoms with Gasteiger partial charge < -0.3 is 19.9 Å². The molecule has 0 saturated carbocycles. The van der Waals surface area contributed by atoms with Gasteiger partial charge in [-0.3, -0.25) is 15.0 Å². The van der Waals surface area contributed by atoms with Crippen LogP contribution in [0, 0.1) is 17.2 Å². The van der Waals surface area contributed by atoms with Crippen LogP contribution in [0.1, 0.15) is 27.7 Å². The van der Waals surface area contributed by atoms with E-state index in [9.17, 15) is 9.59 Å². The highest BCUT2D eigenvalue weighted by molar-refractivity contribution is 8.14. The minimum atomic E-state index is -0.569. The number of hydrogen-bond donors (Lipinski definition) is 2. The van der Waals surface area contributed by atoms with Crippen LogP contribution < -0.4 is 5.73 Å². The third kappa shape index (κ3) is 5.20. The second-order valence-electron chi connectivity index (χ2n) is 5.12. The predicted molar refractivity (Wildman–Crippen MR) is 78.7 cm³/mol. The first-order valence-electron chi connectivity index (χ1n) is 6.69. The topological polar surface area (TPSA) is 112 Å². The highest BCUT2D eigenvalue weighted by Crippen LogP contribution is 2.37. The van der Waals surface area contributed by atoms with Crippen molar-refractivity contribution in [3.05, 3.63) is 0 Å². The Morgan fingerprint density at radius 1 is 1.24 bits per heavy atom. The SMILES string of the molecule is CC(=O)OCC1O[C@@H](SC(=N)N)C(C)[C@@H](C)[C@H]1OC(C)=O. The lowest BCUT2D eigenvalue weighted by Gasteiger charge is -2.43. The quantitative estimate of drug-likeness (QED) is 0.453. The summed E-state index contributed by atoms with van der Waals surface area (Å²) in [4.78, 5) is 22.2. The Balaban J connectivity index is 2.86. The van der Waals surface area contributed by atoms with Gasteiger partial charge in [0.25, 0.3) is 0 Å². The van der Waals surface area contributed by atoms with E-state index in [0.717, 1.165) is 11.8 Å². The van der Waals surface area contributed by atoms with E-state index in [1.807, 2.05) is 13.8 Å². The van der Waals surface area contributed by atoms with Gasteiger partial charge in [-0.2, -0.15) is 0 Å². The van der Waals surface area contributed by atoms with E-state index in [1.165, 1.54) is 13.8 Å². The largest absolute Gasteiger partial charge is 0.463 e. The number of nitrogens with one attached hydrogen (secondary N) is 1. The van der Waals surface area contributed by atoms with E-state index in [1.54, 1.807) is 0 Å². The van der Waals surface area contributed by atoms with E-state index in [0.29, 0.717) is 0 Å². The van der Waals surface area contributed by atoms with Crippen LogP contribution in [0.5, 0.6) is 0 Å². The zero-order chi connectivity index (χ0) is 16.2. The number of carbonyl (C=O) groups excluding carboxylic acids is 2. The average molecular weight is 318 g/mol. The summed E-state index contributed by atoms with van der Waals surface area (Å²) in [6, 6.07) is 0. The molecule has 120 valence electrons. The smallest absolute Gasteiger partial charge is 0.303 e. The lowest BCUT2D eigenvalue weighted by Crippen LogP contribution is -2.52. The van der Waals surface area contributed by atoms with Crippen LogP contribution in [0.2, 0.25) is 0 Å². The highest BCUT2D eigenvalue weighted by atomic mass is 32.2. The molecule has 0 aromatic heterocycles. The van der Waals surface area contributed by atoms with Gasteiger partial charge in [0.2, 0.25) is 0 Å². The van der Waals surface area contributed by atoms with Crippen molar-refractivity contribution < 1.29 is 23.8 Å². The molecule has 0 radical (unpaired) electrons. The number of carbonyl (C=O) groups is 2. The lowest BCUT2D eigenvalue weighted by molar-refractivity contribution is -0.191. The Morgan fingerprint density at radius 2 is 1.86 bits per heavy atom. The summed E-state index contributed by atoms with van der Waals surface area (Å²) in [5, 5.41) is 7.33. The van der Waals surface area contributed by atoms with Gasteiger partial charge in [0.1, 0.15) is 24.3 Å². The molecule has 0 aliphatic carbocycles. The summed E-state index contributed by atoms with van der Waals surface area (Å²) in [6.45, 7) is 6.52. The zero-order valence-electron chi connectivity index (χ0n) is 12.6. The number of hydrogen-bond acceptors (Lipinski definition) is 7. The van der Waals surface area contributed by atoms with Crippen molar-refractivity contribution in [3.63, 3.8) is 0 Å². The van der Waals surface area contributed by atoms with Gasteiger partial charge in [0.05, 0.1) is 0 Å². The minimum absolute atomic E-state index is 0.000690. The third-order valence-electron chi connectivity index (χ3n) is 3.45. The summed E-state index contributed by atoms with van der Waals surface area (Å²) in [6.07, 6.45) is -1.07. The fraction of sp³-hybridized carbons (Fsp3) is 0.769. The Hall–Kier alpha value is -1.28. The van der Waals surface area contributed by atoms with Crippen molar-refractivity contribution in [2.75, 3.05) is 6.61 Å². The van der Waals surface area contributed by atoms with Crippen molar-refractivity contribution in [1.82, 2.24) is 0 Å². The first kappa shape index (κ1) is 17.8. The number of nitrogens with two attached hydrogens (primary N) is 1. The molecule has 5 atom stereocenters. The third-order valence-corrected chi connectivity index (χ3v) is 4.47. The van der Waals surface area contributed by atoms with Crippen molar-refractivity contribution in [3.8, 4) is 0 Å². The van der Waals surface area contributed by atoms with E-state index in [4.69, 9.17) is 25.4 Å². The van der Waals surface area contributed by atoms with Crippen molar-refractivity contribution >= 4 is 28.9 Å². The van der Waals surface area contributed by atoms with E-state index in [2.05, 4.69) is 0 Å². The molecule has 0 bridgehead atoms. The maximum absolute atomic E-state index is 11.3. The first-order chi connectivity index (χ1) is 9.72. The van der Waals surface area contributed by atoms with Crippen LogP contribution in [0.3, 0.4) is 0 Å². The zero-order valence-corrected chi connectivity index (χ0v) is 13.4. The molecule has 2 unspecified atom stereocenters. The van der Waals surface area contributed by atoms with Gasteiger partial charge in [-0.15, -0.1) is 0 Å². The number of amidine groups is 1. The Bertz CT molecular complexity index is 417. The van der Waals surface area contributed by atoms with Crippen LogP contribution >= 0.6 is 11.8 Å². The molecule has 0 amide bonds. The molecule has 8 heteroatoms. The van der Waals surface area contributed by atoms with Gasteiger partial charge >= 0.3 is 11.9 Å². The van der Waals surface area contributed by atoms with Crippen LogP contribution in [0.15, 0.2) is 0 Å². The fourth-order valence-electron chi connectivity index (χ4n) is 2.23. The fourth-order valence-corrected chi connectivity index (χ4v) is 3.14. The molecule has 21 heavy (non-hydrogen) atoms. The summed E-state index contributed by atoms with van der Waals surface area (Å²) in [5.74, 6) is -0.827. The number of ether oxygens (including phenoxy) is 3. The molecular formula is C13H22N2O5S. The van der Waals surface area contributed by atoms with Crippen LogP contribution in [-0.2, 0) is 23.8 Å². The number of esters is 2. The Labute approximate surface area is 128 Å². The van der Waals surface area contributed by atoms with Crippen molar-refractivity contribution in [2.24, 2.45) is 17.6 Å². The Kier molecular flexibility index (Phi) is 6.47. The number of thioether (sulfide) groups is 1. The van der Waals surface area contributed by atoms with Crippen molar-refractivity contribution in [1.29, 1.82) is 5.41 Å². The second-order valence-corrected chi connectivity index (χ2v) is 6.26. The number of rotatable bonds is 4. The molecule has 1 rings (SSSR count). The standard InChI is InChI=1S/C13H22N2O5S/c1-6-7(2)12(21-13(14)15)20-10(5-18-8(3)16)11(6)19-9(4)17/h6-7,10-12H,5H2,1-4H3,(H3,14,15)/t6-,7?,10?,11-,12+/m1/s1. The molecule has 1 aliphatic heterocycles. The first-order valence-corrected chi connectivity index (χ1v) is 7.57. The van der Waals surface area contributed by atoms with Gasteiger partial charge in [-0.1, -0.05) is 25.6 Å². The van der Waals surface area contributed by atoms with Crippen LogP contribution in [-0.4, -0.2) is 41.4 Å². The second kappa shape index (κ2) is 7.65. The van der Waals surface area contributed by atoms with E-state index in [-0.39, 0.29) is 29.0 Å². The molecule has 1 fully saturated rings. The maximum Gasteiger partial charge on any atom is 0.303 e. The predicted octanol–water partition coefficient (Wildman–Crippen LogP) is 1.10. The molecule has 0 aromatic rings. The molecular weight excluding hydrogens is 296 g/mol. The van der Waals surface area contributed by atoms with Crippen LogP contribution in [0.4, 0.5) is 0 Å². The summed E-state index contributed by atoms with van der Waals surface area (Å²) in [7, 11) is 0. The van der Waals surface area contributed by atoms with E-state index < -0.39 is 24.1 Å². The highest BCUT2D eigenvalue weighted by Gasteiger charge is 2.44. The summed E-state index contributed by atoms with van der Waals surface area (Å²) < 4.78 is 16.1. The molecule has 1 saturated heterocycles. The molecule has 7 nitrogen and oxygen atoms in total. The van der Waals surface area contributed by atoms with Gasteiger partial charge in [-0.05, 0) is 5.92 Å². The van der Waals surface area contributed by atoms with Crippen LogP contribution in [0.25, 0.3) is 0 Å². The normalized spacial score (nSPS) is 32.3. The van der Waals surface area contributed by atoms with Gasteiger partial charge in [-0.25, -0.2) is 0 Å².